The minimum atomic E-state index is -3.56. The van der Waals surface area contributed by atoms with Gasteiger partial charge in [0.2, 0.25) is 15.9 Å². The zero-order chi connectivity index (χ0) is 22.3. The molecule has 0 saturated carbocycles. The van der Waals surface area contributed by atoms with Gasteiger partial charge in [0.1, 0.15) is 0 Å². The van der Waals surface area contributed by atoms with Gasteiger partial charge in [-0.05, 0) is 44.0 Å². The van der Waals surface area contributed by atoms with Crippen LogP contribution in [0.2, 0.25) is 0 Å². The molecule has 2 heterocycles. The van der Waals surface area contributed by atoms with Crippen LogP contribution in [0.1, 0.15) is 23.1 Å². The van der Waals surface area contributed by atoms with Crippen LogP contribution in [-0.2, 0) is 19.6 Å². The molecule has 164 valence electrons. The van der Waals surface area contributed by atoms with Crippen molar-refractivity contribution in [2.45, 2.75) is 38.1 Å². The van der Waals surface area contributed by atoms with Crippen LogP contribution in [0.15, 0.2) is 47.4 Å². The van der Waals surface area contributed by atoms with E-state index < -0.39 is 16.1 Å². The van der Waals surface area contributed by atoms with Crippen molar-refractivity contribution in [3.05, 3.63) is 59.2 Å². The smallest absolute Gasteiger partial charge is 0.292 e. The Morgan fingerprint density at radius 1 is 0.903 bits per heavy atom. The summed E-state index contributed by atoms with van der Waals surface area (Å²) in [7, 11) is -3.56. The van der Waals surface area contributed by atoms with Crippen LogP contribution in [0.4, 0.5) is 5.69 Å². The van der Waals surface area contributed by atoms with Crippen LogP contribution in [0.25, 0.3) is 0 Å². The number of hydrogen-bond donors (Lipinski definition) is 1. The highest BCUT2D eigenvalue weighted by Gasteiger charge is 2.47. The number of piperazine rings is 1. The average molecular weight is 443 g/mol. The highest BCUT2D eigenvalue weighted by Crippen LogP contribution is 2.29. The predicted octanol–water partition coefficient (Wildman–Crippen LogP) is 0.833. The Morgan fingerprint density at radius 2 is 1.48 bits per heavy atom. The number of anilines is 1. The normalized spacial score (nSPS) is 21.1. The molecule has 2 amide bonds. The van der Waals surface area contributed by atoms with Gasteiger partial charge in [-0.1, -0.05) is 35.9 Å². The van der Waals surface area contributed by atoms with Gasteiger partial charge < -0.3 is 4.90 Å². The monoisotopic (exact) mass is 442 g/mol. The Balaban J connectivity index is 1.48. The minimum absolute atomic E-state index is 0.159. The van der Waals surface area contributed by atoms with Crippen LogP contribution in [0.5, 0.6) is 0 Å². The molecule has 31 heavy (non-hydrogen) atoms. The van der Waals surface area contributed by atoms with Crippen LogP contribution in [-0.4, -0.2) is 56.8 Å². The molecule has 0 aromatic heterocycles. The van der Waals surface area contributed by atoms with Crippen molar-refractivity contribution in [2.75, 3.05) is 31.1 Å². The maximum absolute atomic E-state index is 13.2. The van der Waals surface area contributed by atoms with Crippen molar-refractivity contribution >= 4 is 27.5 Å². The second-order valence-electron chi connectivity index (χ2n) is 8.44. The van der Waals surface area contributed by atoms with Crippen LogP contribution in [0.3, 0.4) is 0 Å². The van der Waals surface area contributed by atoms with Crippen LogP contribution < -0.4 is 9.80 Å². The zero-order valence-electron chi connectivity index (χ0n) is 18.1. The van der Waals surface area contributed by atoms with Crippen molar-refractivity contribution in [3.63, 3.8) is 0 Å². The van der Waals surface area contributed by atoms with Gasteiger partial charge >= 0.3 is 0 Å². The summed E-state index contributed by atoms with van der Waals surface area (Å²) in [6.45, 7) is 7.36. The topological polar surface area (TPSA) is 79.2 Å². The molecule has 2 saturated heterocycles. The summed E-state index contributed by atoms with van der Waals surface area (Å²) in [6, 6.07) is 12.1. The standard InChI is InChI=1S/C23H27N3O4S/c1-16-7-9-19(10-8-16)31(29,30)25-13-11-24(12-14-25)20-15-21(27)26(23(20)28)22-17(2)5-4-6-18(22)3/h4-10,20H,11-15H2,1-3H3/p+1/t20-/m1/s1. The summed E-state index contributed by atoms with van der Waals surface area (Å²) in [5.41, 5.74) is 3.48. The Labute approximate surface area is 183 Å². The molecule has 2 aliphatic heterocycles. The molecule has 0 spiro atoms. The van der Waals surface area contributed by atoms with Crippen molar-refractivity contribution in [1.82, 2.24) is 4.31 Å². The molecular formula is C23H28N3O4S+. The number of nitrogens with zero attached hydrogens (tertiary/aromatic N) is 2. The Hall–Kier alpha value is -2.55. The first-order valence-corrected chi connectivity index (χ1v) is 12.0. The maximum atomic E-state index is 13.2. The fraction of sp³-hybridized carbons (Fsp3) is 0.391. The molecule has 2 aromatic carbocycles. The lowest BCUT2D eigenvalue weighted by molar-refractivity contribution is -0.918. The number of aryl methyl sites for hydroxylation is 3. The lowest BCUT2D eigenvalue weighted by Crippen LogP contribution is -3.19. The fourth-order valence-corrected chi connectivity index (χ4v) is 6.01. The van der Waals surface area contributed by atoms with Gasteiger partial charge in [-0.3, -0.25) is 9.59 Å². The maximum Gasteiger partial charge on any atom is 0.292 e. The molecule has 1 N–H and O–H groups in total. The summed E-state index contributed by atoms with van der Waals surface area (Å²) < 4.78 is 27.4. The molecule has 4 rings (SSSR count). The van der Waals surface area contributed by atoms with E-state index in [2.05, 4.69) is 0 Å². The molecule has 2 fully saturated rings. The number of amides is 2. The van der Waals surface area contributed by atoms with Crippen molar-refractivity contribution in [2.24, 2.45) is 0 Å². The zero-order valence-corrected chi connectivity index (χ0v) is 18.9. The van der Waals surface area contributed by atoms with Crippen molar-refractivity contribution in [1.29, 1.82) is 0 Å². The van der Waals surface area contributed by atoms with Gasteiger partial charge in [-0.25, -0.2) is 13.3 Å². The summed E-state index contributed by atoms with van der Waals surface area (Å²) >= 11 is 0. The first-order chi connectivity index (χ1) is 14.7. The van der Waals surface area contributed by atoms with E-state index in [0.29, 0.717) is 31.9 Å². The number of rotatable bonds is 4. The summed E-state index contributed by atoms with van der Waals surface area (Å²) in [5.74, 6) is -0.373. The molecule has 8 heteroatoms. The van der Waals surface area contributed by atoms with Gasteiger partial charge in [-0.2, -0.15) is 4.31 Å². The quantitative estimate of drug-likeness (QED) is 0.712. The Kier molecular flexibility index (Phi) is 5.72. The van der Waals surface area contributed by atoms with E-state index in [0.717, 1.165) is 21.6 Å². The highest BCUT2D eigenvalue weighted by molar-refractivity contribution is 7.89. The molecule has 0 radical (unpaired) electrons. The largest absolute Gasteiger partial charge is 0.322 e. The van der Waals surface area contributed by atoms with Crippen LogP contribution in [0, 0.1) is 20.8 Å². The number of imide groups is 1. The Bertz CT molecular complexity index is 1100. The SMILES string of the molecule is Cc1ccc(S(=O)(=O)N2CC[NH+]([C@@H]3CC(=O)N(c4c(C)cccc4C)C3=O)CC2)cc1. The lowest BCUT2D eigenvalue weighted by atomic mass is 10.1. The molecule has 2 aromatic rings. The summed E-state index contributed by atoms with van der Waals surface area (Å²) in [5, 5.41) is 0. The second-order valence-corrected chi connectivity index (χ2v) is 10.4. The first kappa shape index (κ1) is 21.7. The van der Waals surface area contributed by atoms with Crippen LogP contribution >= 0.6 is 0 Å². The molecule has 2 aliphatic rings. The van der Waals surface area contributed by atoms with Crippen molar-refractivity contribution < 1.29 is 22.9 Å². The Morgan fingerprint density at radius 3 is 2.06 bits per heavy atom. The number of nitrogens with one attached hydrogen (secondary N) is 1. The van der Waals surface area contributed by atoms with Gasteiger partial charge in [0.25, 0.3) is 5.91 Å². The average Bonchev–Trinajstić information content (AvgIpc) is 3.03. The fourth-order valence-electron chi connectivity index (χ4n) is 4.57. The summed E-state index contributed by atoms with van der Waals surface area (Å²) in [4.78, 5) is 28.6. The summed E-state index contributed by atoms with van der Waals surface area (Å²) in [6.07, 6.45) is 0.159. The first-order valence-electron chi connectivity index (χ1n) is 10.5. The minimum Gasteiger partial charge on any atom is -0.322 e. The third-order valence-corrected chi connectivity index (χ3v) is 8.24. The molecule has 0 unspecified atom stereocenters. The van der Waals surface area contributed by atoms with E-state index in [4.69, 9.17) is 0 Å². The molecule has 1 atom stereocenters. The predicted molar refractivity (Wildman–Crippen MR) is 117 cm³/mol. The van der Waals surface area contributed by atoms with E-state index >= 15 is 0 Å². The number of hydrogen-bond acceptors (Lipinski definition) is 4. The van der Waals surface area contributed by atoms with E-state index in [1.54, 1.807) is 24.3 Å². The van der Waals surface area contributed by atoms with E-state index in [1.165, 1.54) is 9.21 Å². The number of carbonyl (C=O) groups excluding carboxylic acids is 2. The molecular weight excluding hydrogens is 414 g/mol. The van der Waals surface area contributed by atoms with E-state index in [1.807, 2.05) is 39.0 Å². The van der Waals surface area contributed by atoms with Gasteiger partial charge in [0.15, 0.2) is 6.04 Å². The van der Waals surface area contributed by atoms with Gasteiger partial charge in [0.05, 0.1) is 43.2 Å². The van der Waals surface area contributed by atoms with Gasteiger partial charge in [-0.15, -0.1) is 0 Å². The molecule has 7 nitrogen and oxygen atoms in total. The molecule has 0 bridgehead atoms. The second kappa shape index (κ2) is 8.18. The van der Waals surface area contributed by atoms with E-state index in [-0.39, 0.29) is 23.1 Å². The number of benzene rings is 2. The number of para-hydroxylation sites is 1. The van der Waals surface area contributed by atoms with Crippen molar-refractivity contribution in [3.8, 4) is 0 Å². The highest BCUT2D eigenvalue weighted by atomic mass is 32.2. The number of carbonyl (C=O) groups is 2. The number of quaternary nitrogens is 1. The third-order valence-electron chi connectivity index (χ3n) is 6.33. The number of sulfonamides is 1. The van der Waals surface area contributed by atoms with Gasteiger partial charge in [0, 0.05) is 0 Å². The third kappa shape index (κ3) is 3.91. The van der Waals surface area contributed by atoms with E-state index in [9.17, 15) is 18.0 Å². The molecule has 0 aliphatic carbocycles. The lowest BCUT2D eigenvalue weighted by Gasteiger charge is -2.33.